The van der Waals surface area contributed by atoms with E-state index in [1.807, 2.05) is 60.7 Å². The van der Waals surface area contributed by atoms with E-state index in [0.29, 0.717) is 0 Å². The zero-order valence-electron chi connectivity index (χ0n) is 16.2. The van der Waals surface area contributed by atoms with E-state index >= 15 is 0 Å². The lowest BCUT2D eigenvalue weighted by atomic mass is 10.1. The first-order chi connectivity index (χ1) is 13.6. The van der Waals surface area contributed by atoms with E-state index in [9.17, 15) is 0 Å². The quantitative estimate of drug-likeness (QED) is 0.472. The van der Waals surface area contributed by atoms with Crippen LogP contribution in [-0.2, 0) is 0 Å². The highest BCUT2D eigenvalue weighted by Crippen LogP contribution is 2.26. The second-order valence-corrected chi connectivity index (χ2v) is 6.77. The standard InChI is InChI=1S/C24H22N2O2/c1-16-13-17(2)24-21(14-16)22(26-25-19-7-5-4-6-8-19)15-23(28-24)18-9-11-20(27-3)12-10-18/h4-15,25H,1-3H3/b26-22-. The maximum atomic E-state index is 6.27. The molecule has 0 radical (unpaired) electrons. The van der Waals surface area contributed by atoms with E-state index in [2.05, 4.69) is 36.5 Å². The Bertz CT molecular complexity index is 1180. The third kappa shape index (κ3) is 3.62. The van der Waals surface area contributed by atoms with Crippen LogP contribution in [0.4, 0.5) is 5.69 Å². The number of hydrogen-bond donors (Lipinski definition) is 1. The van der Waals surface area contributed by atoms with Crippen molar-refractivity contribution in [2.45, 2.75) is 13.8 Å². The number of nitrogens with zero attached hydrogens (tertiary/aromatic N) is 1. The van der Waals surface area contributed by atoms with E-state index < -0.39 is 0 Å². The predicted molar refractivity (Wildman–Crippen MR) is 113 cm³/mol. The van der Waals surface area contributed by atoms with Crippen molar-refractivity contribution in [3.63, 3.8) is 0 Å². The van der Waals surface area contributed by atoms with Gasteiger partial charge in [-0.2, -0.15) is 5.10 Å². The molecule has 0 amide bonds. The number of aryl methyl sites for hydroxylation is 2. The van der Waals surface area contributed by atoms with Crippen LogP contribution in [0.1, 0.15) is 11.1 Å². The fourth-order valence-electron chi connectivity index (χ4n) is 3.25. The Morgan fingerprint density at radius 3 is 2.36 bits per heavy atom. The van der Waals surface area contributed by atoms with Crippen molar-refractivity contribution in [1.82, 2.24) is 0 Å². The summed E-state index contributed by atoms with van der Waals surface area (Å²) in [5, 5.41) is 6.49. The zero-order chi connectivity index (χ0) is 19.5. The first kappa shape index (κ1) is 17.9. The number of rotatable bonds is 4. The van der Waals surface area contributed by atoms with Crippen LogP contribution in [-0.4, -0.2) is 7.11 Å². The van der Waals surface area contributed by atoms with E-state index in [0.717, 1.165) is 44.7 Å². The molecular formula is C24H22N2O2. The maximum Gasteiger partial charge on any atom is 0.139 e. The number of benzene rings is 3. The highest BCUT2D eigenvalue weighted by molar-refractivity contribution is 5.82. The molecule has 28 heavy (non-hydrogen) atoms. The molecule has 0 unspecified atom stereocenters. The van der Waals surface area contributed by atoms with Crippen LogP contribution in [0.3, 0.4) is 0 Å². The molecule has 0 aliphatic carbocycles. The van der Waals surface area contributed by atoms with Crippen LogP contribution in [0.15, 0.2) is 82.3 Å². The van der Waals surface area contributed by atoms with Crippen molar-refractivity contribution in [3.8, 4) is 17.1 Å². The monoisotopic (exact) mass is 370 g/mol. The van der Waals surface area contributed by atoms with Crippen LogP contribution >= 0.6 is 0 Å². The molecule has 1 N–H and O–H groups in total. The molecule has 4 nitrogen and oxygen atoms in total. The van der Waals surface area contributed by atoms with Crippen LogP contribution in [0.5, 0.6) is 5.75 Å². The van der Waals surface area contributed by atoms with Gasteiger partial charge in [0.15, 0.2) is 0 Å². The molecule has 0 atom stereocenters. The summed E-state index contributed by atoms with van der Waals surface area (Å²) < 4.78 is 11.5. The van der Waals surface area contributed by atoms with Gasteiger partial charge in [-0.1, -0.05) is 24.3 Å². The lowest BCUT2D eigenvalue weighted by Crippen LogP contribution is -2.08. The molecule has 0 fully saturated rings. The topological polar surface area (TPSA) is 46.8 Å². The lowest BCUT2D eigenvalue weighted by molar-refractivity contribution is 0.415. The highest BCUT2D eigenvalue weighted by Gasteiger charge is 2.09. The minimum absolute atomic E-state index is 0.760. The van der Waals surface area contributed by atoms with E-state index in [4.69, 9.17) is 9.15 Å². The fraction of sp³-hybridized carbons (Fsp3) is 0.125. The molecule has 0 spiro atoms. The van der Waals surface area contributed by atoms with Crippen molar-refractivity contribution < 1.29 is 9.15 Å². The lowest BCUT2D eigenvalue weighted by Gasteiger charge is -2.09. The summed E-state index contributed by atoms with van der Waals surface area (Å²) in [6.07, 6.45) is 0. The van der Waals surface area contributed by atoms with Crippen molar-refractivity contribution in [2.75, 3.05) is 12.5 Å². The van der Waals surface area contributed by atoms with E-state index in [1.54, 1.807) is 7.11 Å². The van der Waals surface area contributed by atoms with Crippen LogP contribution in [0.25, 0.3) is 22.3 Å². The van der Waals surface area contributed by atoms with Gasteiger partial charge in [-0.15, -0.1) is 0 Å². The predicted octanol–water partition coefficient (Wildman–Crippen LogP) is 5.65. The van der Waals surface area contributed by atoms with Crippen LogP contribution in [0.2, 0.25) is 0 Å². The van der Waals surface area contributed by atoms with E-state index in [-0.39, 0.29) is 0 Å². The van der Waals surface area contributed by atoms with Gasteiger partial charge in [-0.3, -0.25) is 5.43 Å². The molecule has 0 bridgehead atoms. The summed E-state index contributed by atoms with van der Waals surface area (Å²) >= 11 is 0. The number of nitrogens with one attached hydrogen (secondary N) is 1. The van der Waals surface area contributed by atoms with Crippen molar-refractivity contribution in [2.24, 2.45) is 5.10 Å². The summed E-state index contributed by atoms with van der Waals surface area (Å²) in [5.41, 5.74) is 8.16. The van der Waals surface area contributed by atoms with Crippen molar-refractivity contribution in [3.05, 3.63) is 89.3 Å². The average molecular weight is 370 g/mol. The number of ether oxygens (including phenoxy) is 1. The number of fused-ring (bicyclic) bond motifs is 1. The molecule has 0 saturated carbocycles. The Morgan fingerprint density at radius 2 is 1.64 bits per heavy atom. The minimum atomic E-state index is 0.760. The Kier molecular flexibility index (Phi) is 4.85. The Morgan fingerprint density at radius 1 is 0.893 bits per heavy atom. The highest BCUT2D eigenvalue weighted by atomic mass is 16.5. The van der Waals surface area contributed by atoms with Crippen molar-refractivity contribution >= 4 is 16.7 Å². The molecule has 1 aromatic heterocycles. The molecule has 0 saturated heterocycles. The van der Waals surface area contributed by atoms with Crippen LogP contribution in [0, 0.1) is 13.8 Å². The summed E-state index contributed by atoms with van der Waals surface area (Å²) in [5.74, 6) is 1.57. The van der Waals surface area contributed by atoms with Gasteiger partial charge < -0.3 is 9.15 Å². The van der Waals surface area contributed by atoms with Gasteiger partial charge in [0.2, 0.25) is 0 Å². The third-order valence-electron chi connectivity index (χ3n) is 4.63. The van der Waals surface area contributed by atoms with Crippen molar-refractivity contribution in [1.29, 1.82) is 0 Å². The normalized spacial score (nSPS) is 11.6. The Labute approximate surface area is 164 Å². The molecule has 0 aliphatic heterocycles. The molecule has 1 heterocycles. The smallest absolute Gasteiger partial charge is 0.139 e. The van der Waals surface area contributed by atoms with Gasteiger partial charge in [0.25, 0.3) is 0 Å². The number of para-hydroxylation sites is 1. The summed E-state index contributed by atoms with van der Waals surface area (Å²) in [4.78, 5) is 0. The van der Waals surface area contributed by atoms with Gasteiger partial charge in [0.05, 0.1) is 18.2 Å². The zero-order valence-corrected chi connectivity index (χ0v) is 16.2. The largest absolute Gasteiger partial charge is 0.497 e. The maximum absolute atomic E-state index is 6.27. The first-order valence-corrected chi connectivity index (χ1v) is 9.18. The number of methoxy groups -OCH3 is 1. The molecule has 4 aromatic rings. The summed E-state index contributed by atoms with van der Waals surface area (Å²) in [7, 11) is 1.66. The van der Waals surface area contributed by atoms with Crippen LogP contribution < -0.4 is 15.5 Å². The summed E-state index contributed by atoms with van der Waals surface area (Å²) in [6.45, 7) is 4.14. The molecule has 140 valence electrons. The van der Waals surface area contributed by atoms with Gasteiger partial charge in [0.1, 0.15) is 17.1 Å². The first-order valence-electron chi connectivity index (χ1n) is 9.18. The molecule has 4 rings (SSSR count). The second-order valence-electron chi connectivity index (χ2n) is 6.77. The average Bonchev–Trinajstić information content (AvgIpc) is 2.73. The van der Waals surface area contributed by atoms with Gasteiger partial charge in [-0.25, -0.2) is 0 Å². The van der Waals surface area contributed by atoms with Gasteiger partial charge in [0, 0.05) is 17.0 Å². The Balaban J connectivity index is 1.90. The fourth-order valence-corrected chi connectivity index (χ4v) is 3.25. The Hall–Kier alpha value is -3.53. The number of anilines is 1. The van der Waals surface area contributed by atoms with Gasteiger partial charge in [-0.05, 0) is 67.4 Å². The van der Waals surface area contributed by atoms with E-state index in [1.165, 1.54) is 5.56 Å². The molecule has 0 aliphatic rings. The SMILES string of the molecule is COc1ccc(-c2c/c(=N/Nc3ccccc3)c3cc(C)cc(C)c3o2)cc1. The second kappa shape index (κ2) is 7.61. The third-order valence-corrected chi connectivity index (χ3v) is 4.63. The van der Waals surface area contributed by atoms with Gasteiger partial charge >= 0.3 is 0 Å². The molecule has 4 heteroatoms. The number of hydrogen-bond acceptors (Lipinski definition) is 4. The summed E-state index contributed by atoms with van der Waals surface area (Å²) in [6, 6.07) is 23.9. The molecule has 3 aromatic carbocycles. The molecular weight excluding hydrogens is 348 g/mol. The minimum Gasteiger partial charge on any atom is -0.497 e.